The van der Waals surface area contributed by atoms with Crippen LogP contribution in [0.4, 0.5) is 0 Å². The van der Waals surface area contributed by atoms with E-state index in [4.69, 9.17) is 4.84 Å². The average molecular weight is 318 g/mol. The van der Waals surface area contributed by atoms with Crippen molar-refractivity contribution < 1.29 is 9.63 Å². The maximum absolute atomic E-state index is 12.1. The number of nitrogens with zero attached hydrogens (tertiary/aromatic N) is 3. The van der Waals surface area contributed by atoms with Gasteiger partial charge in [-0.25, -0.2) is 0 Å². The van der Waals surface area contributed by atoms with Gasteiger partial charge in [0.1, 0.15) is 0 Å². The summed E-state index contributed by atoms with van der Waals surface area (Å²) in [5, 5.41) is 13.2. The molecule has 1 atom stereocenters. The van der Waals surface area contributed by atoms with Crippen LogP contribution in [-0.2, 0) is 22.7 Å². The second-order valence-corrected chi connectivity index (χ2v) is 6.12. The van der Waals surface area contributed by atoms with E-state index in [-0.39, 0.29) is 5.91 Å². The zero-order chi connectivity index (χ0) is 15.5. The molecule has 1 amide bonds. The average Bonchev–Trinajstić information content (AvgIpc) is 3.25. The summed E-state index contributed by atoms with van der Waals surface area (Å²) in [5.74, 6) is -0.132. The standard InChI is InChI=1S/C15H18N4O2S/c1-3-19-10(2)12(9-17-19)13-7-14(21-18-13)15(20)16-8-11-5-4-6-22-11/h4-6,9,14H,3,7-8H2,1-2H3,(H,16,20). The number of hydrogen-bond donors (Lipinski definition) is 1. The van der Waals surface area contributed by atoms with Crippen LogP contribution in [0.2, 0.25) is 0 Å². The van der Waals surface area contributed by atoms with Crippen LogP contribution in [-0.4, -0.2) is 27.5 Å². The van der Waals surface area contributed by atoms with Crippen LogP contribution < -0.4 is 5.32 Å². The minimum Gasteiger partial charge on any atom is -0.382 e. The first-order valence-electron chi connectivity index (χ1n) is 7.24. The van der Waals surface area contributed by atoms with E-state index in [1.165, 1.54) is 0 Å². The number of carbonyl (C=O) groups is 1. The van der Waals surface area contributed by atoms with Gasteiger partial charge in [-0.15, -0.1) is 11.3 Å². The van der Waals surface area contributed by atoms with Gasteiger partial charge in [0.2, 0.25) is 6.10 Å². The maximum Gasteiger partial charge on any atom is 0.264 e. The first-order valence-corrected chi connectivity index (χ1v) is 8.12. The number of thiophene rings is 1. The van der Waals surface area contributed by atoms with Crippen molar-refractivity contribution in [2.24, 2.45) is 5.16 Å². The molecule has 1 aliphatic rings. The number of carbonyl (C=O) groups excluding carboxylic acids is 1. The van der Waals surface area contributed by atoms with E-state index in [0.717, 1.165) is 28.4 Å². The summed E-state index contributed by atoms with van der Waals surface area (Å²) in [5.41, 5.74) is 2.79. The molecule has 0 radical (unpaired) electrons. The maximum atomic E-state index is 12.1. The fraction of sp³-hybridized carbons (Fsp3) is 0.400. The quantitative estimate of drug-likeness (QED) is 0.918. The van der Waals surface area contributed by atoms with Gasteiger partial charge < -0.3 is 10.2 Å². The van der Waals surface area contributed by atoms with Crippen molar-refractivity contribution in [3.8, 4) is 0 Å². The summed E-state index contributed by atoms with van der Waals surface area (Å²) in [6, 6.07) is 3.96. The smallest absolute Gasteiger partial charge is 0.264 e. The number of nitrogens with one attached hydrogen (secondary N) is 1. The Morgan fingerprint density at radius 1 is 1.59 bits per heavy atom. The summed E-state index contributed by atoms with van der Waals surface area (Å²) < 4.78 is 1.90. The molecule has 22 heavy (non-hydrogen) atoms. The second kappa shape index (κ2) is 6.31. The van der Waals surface area contributed by atoms with Crippen LogP contribution in [0.25, 0.3) is 0 Å². The van der Waals surface area contributed by atoms with Gasteiger partial charge in [-0.2, -0.15) is 5.10 Å². The van der Waals surface area contributed by atoms with Crippen LogP contribution in [0.1, 0.15) is 29.5 Å². The Morgan fingerprint density at radius 3 is 3.14 bits per heavy atom. The minimum absolute atomic E-state index is 0.132. The van der Waals surface area contributed by atoms with E-state index in [1.54, 1.807) is 17.5 Å². The van der Waals surface area contributed by atoms with Crippen LogP contribution >= 0.6 is 11.3 Å². The molecule has 0 aliphatic carbocycles. The third-order valence-electron chi connectivity index (χ3n) is 3.69. The molecule has 0 bridgehead atoms. The Morgan fingerprint density at radius 2 is 2.45 bits per heavy atom. The Bertz CT molecular complexity index is 690. The van der Waals surface area contributed by atoms with Crippen molar-refractivity contribution in [1.29, 1.82) is 0 Å². The van der Waals surface area contributed by atoms with Crippen LogP contribution in [0.15, 0.2) is 28.9 Å². The molecule has 6 nitrogen and oxygen atoms in total. The summed E-state index contributed by atoms with van der Waals surface area (Å²) in [6.07, 6.45) is 1.71. The summed E-state index contributed by atoms with van der Waals surface area (Å²) in [6.45, 7) is 5.37. The second-order valence-electron chi connectivity index (χ2n) is 5.09. The number of oxime groups is 1. The van der Waals surface area contributed by atoms with Crippen molar-refractivity contribution in [3.63, 3.8) is 0 Å². The van der Waals surface area contributed by atoms with E-state index in [2.05, 4.69) is 15.6 Å². The number of rotatable bonds is 5. The summed E-state index contributed by atoms with van der Waals surface area (Å²) in [4.78, 5) is 18.5. The molecule has 7 heteroatoms. The lowest BCUT2D eigenvalue weighted by Crippen LogP contribution is -2.34. The number of aromatic nitrogens is 2. The fourth-order valence-electron chi connectivity index (χ4n) is 2.43. The molecule has 1 unspecified atom stereocenters. The van der Waals surface area contributed by atoms with Crippen molar-refractivity contribution in [2.75, 3.05) is 0 Å². The molecule has 2 aromatic rings. The third kappa shape index (κ3) is 2.89. The zero-order valence-corrected chi connectivity index (χ0v) is 13.4. The predicted molar refractivity (Wildman–Crippen MR) is 84.8 cm³/mol. The lowest BCUT2D eigenvalue weighted by molar-refractivity contribution is -0.131. The lowest BCUT2D eigenvalue weighted by Gasteiger charge is -2.08. The first-order chi connectivity index (χ1) is 10.7. The largest absolute Gasteiger partial charge is 0.382 e. The van der Waals surface area contributed by atoms with Crippen LogP contribution in [0.3, 0.4) is 0 Å². The van der Waals surface area contributed by atoms with Crippen LogP contribution in [0.5, 0.6) is 0 Å². The Kier molecular flexibility index (Phi) is 4.24. The number of hydrogen-bond acceptors (Lipinski definition) is 5. The normalized spacial score (nSPS) is 17.2. The van der Waals surface area contributed by atoms with Crippen molar-refractivity contribution in [3.05, 3.63) is 39.8 Å². The van der Waals surface area contributed by atoms with Gasteiger partial charge in [0.15, 0.2) is 0 Å². The molecule has 3 heterocycles. The van der Waals surface area contributed by atoms with E-state index in [9.17, 15) is 4.79 Å². The van der Waals surface area contributed by atoms with E-state index in [0.29, 0.717) is 13.0 Å². The third-order valence-corrected chi connectivity index (χ3v) is 4.57. The summed E-state index contributed by atoms with van der Waals surface area (Å²) in [7, 11) is 0. The molecular formula is C15H18N4O2S. The van der Waals surface area contributed by atoms with E-state index < -0.39 is 6.10 Å². The minimum atomic E-state index is -0.556. The SMILES string of the molecule is CCn1ncc(C2=NOC(C(=O)NCc3cccs3)C2)c1C. The predicted octanol–water partition coefficient (Wildman–Crippen LogP) is 2.08. The van der Waals surface area contributed by atoms with Gasteiger partial charge in [0.25, 0.3) is 5.91 Å². The van der Waals surface area contributed by atoms with Gasteiger partial charge in [-0.3, -0.25) is 9.48 Å². The molecule has 0 fully saturated rings. The van der Waals surface area contributed by atoms with Gasteiger partial charge in [0, 0.05) is 29.1 Å². The highest BCUT2D eigenvalue weighted by molar-refractivity contribution is 7.09. The molecule has 0 saturated heterocycles. The molecule has 3 rings (SSSR count). The van der Waals surface area contributed by atoms with E-state index in [1.807, 2.05) is 36.0 Å². The Labute approximate surface area is 132 Å². The Balaban J connectivity index is 1.59. The molecule has 1 N–H and O–H groups in total. The first kappa shape index (κ1) is 14.8. The molecule has 2 aromatic heterocycles. The lowest BCUT2D eigenvalue weighted by atomic mass is 10.1. The molecule has 116 valence electrons. The van der Waals surface area contributed by atoms with Gasteiger partial charge in [-0.1, -0.05) is 11.2 Å². The molecule has 0 saturated carbocycles. The Hall–Kier alpha value is -2.15. The van der Waals surface area contributed by atoms with Crippen molar-refractivity contribution in [2.45, 2.75) is 39.5 Å². The fourth-order valence-corrected chi connectivity index (χ4v) is 3.07. The van der Waals surface area contributed by atoms with Gasteiger partial charge in [0.05, 0.1) is 18.5 Å². The highest BCUT2D eigenvalue weighted by atomic mass is 32.1. The van der Waals surface area contributed by atoms with Gasteiger partial charge in [-0.05, 0) is 25.3 Å². The topological polar surface area (TPSA) is 68.5 Å². The van der Waals surface area contributed by atoms with E-state index >= 15 is 0 Å². The number of aryl methyl sites for hydroxylation is 1. The van der Waals surface area contributed by atoms with Crippen molar-refractivity contribution >= 4 is 23.0 Å². The monoisotopic (exact) mass is 318 g/mol. The molecular weight excluding hydrogens is 300 g/mol. The summed E-state index contributed by atoms with van der Waals surface area (Å²) >= 11 is 1.62. The number of amides is 1. The highest BCUT2D eigenvalue weighted by Crippen LogP contribution is 2.19. The molecule has 1 aliphatic heterocycles. The molecule has 0 spiro atoms. The van der Waals surface area contributed by atoms with Crippen molar-refractivity contribution in [1.82, 2.24) is 15.1 Å². The van der Waals surface area contributed by atoms with Crippen LogP contribution in [0, 0.1) is 6.92 Å². The molecule has 0 aromatic carbocycles. The zero-order valence-electron chi connectivity index (χ0n) is 12.6. The highest BCUT2D eigenvalue weighted by Gasteiger charge is 2.30. The van der Waals surface area contributed by atoms with Gasteiger partial charge >= 0.3 is 0 Å².